The molecule has 0 spiro atoms. The number of carbonyl (C=O) groups is 2. The van der Waals surface area contributed by atoms with Crippen LogP contribution in [-0.4, -0.2) is 22.2 Å². The molecule has 2 amide bonds. The van der Waals surface area contributed by atoms with E-state index in [9.17, 15) is 9.59 Å². The molecule has 1 aliphatic heterocycles. The molecule has 0 N–H and O–H groups in total. The molecule has 0 aliphatic carbocycles. The number of halogens is 1. The highest BCUT2D eigenvalue weighted by Crippen LogP contribution is 2.49. The number of nitrogens with zero attached hydrogens (tertiary/aromatic N) is 1. The first-order valence-corrected chi connectivity index (χ1v) is 12.5. The zero-order chi connectivity index (χ0) is 24.5. The molecule has 174 valence electrons. The number of imide groups is 1. The summed E-state index contributed by atoms with van der Waals surface area (Å²) in [5, 5.41) is 0.138. The van der Waals surface area contributed by atoms with Crippen molar-refractivity contribution in [3.63, 3.8) is 0 Å². The standard InChI is InChI=1S/C30H24BrNO3/c1-22-12-11-19-26(20-22)29(21-31)27(33)32(28(34)35-29)30(23-13-5-2-6-14-23,24-15-7-3-8-16-24)25-17-9-4-10-18-25/h2-20H,21H2,1H3. The number of rotatable bonds is 6. The summed E-state index contributed by atoms with van der Waals surface area (Å²) in [6, 6.07) is 36.5. The van der Waals surface area contributed by atoms with Gasteiger partial charge in [0.1, 0.15) is 5.54 Å². The quantitative estimate of drug-likeness (QED) is 0.211. The Morgan fingerprint density at radius 2 is 1.23 bits per heavy atom. The number of alkyl halides is 1. The minimum Gasteiger partial charge on any atom is -0.426 e. The Kier molecular flexibility index (Phi) is 6.03. The molecule has 0 bridgehead atoms. The van der Waals surface area contributed by atoms with E-state index in [4.69, 9.17) is 4.74 Å². The molecule has 4 nitrogen and oxygen atoms in total. The molecular weight excluding hydrogens is 502 g/mol. The molecule has 0 saturated carbocycles. The smallest absolute Gasteiger partial charge is 0.419 e. The average molecular weight is 526 g/mol. The summed E-state index contributed by atoms with van der Waals surface area (Å²) in [6.45, 7) is 1.95. The van der Waals surface area contributed by atoms with Crippen LogP contribution in [-0.2, 0) is 20.7 Å². The van der Waals surface area contributed by atoms with Gasteiger partial charge in [0.25, 0.3) is 5.91 Å². The lowest BCUT2D eigenvalue weighted by atomic mass is 9.75. The molecule has 4 aromatic carbocycles. The van der Waals surface area contributed by atoms with Gasteiger partial charge in [-0.25, -0.2) is 9.69 Å². The Labute approximate surface area is 213 Å². The van der Waals surface area contributed by atoms with E-state index in [-0.39, 0.29) is 5.33 Å². The van der Waals surface area contributed by atoms with Crippen molar-refractivity contribution in [3.8, 4) is 0 Å². The van der Waals surface area contributed by atoms with Crippen LogP contribution in [0, 0.1) is 6.92 Å². The van der Waals surface area contributed by atoms with E-state index in [0.717, 1.165) is 22.3 Å². The van der Waals surface area contributed by atoms with E-state index in [1.807, 2.05) is 122 Å². The lowest BCUT2D eigenvalue weighted by Gasteiger charge is -2.41. The lowest BCUT2D eigenvalue weighted by molar-refractivity contribution is -0.138. The van der Waals surface area contributed by atoms with E-state index in [1.54, 1.807) is 0 Å². The zero-order valence-electron chi connectivity index (χ0n) is 19.2. The Bertz CT molecular complexity index is 1260. The predicted octanol–water partition coefficient (Wildman–Crippen LogP) is 6.56. The Balaban J connectivity index is 1.83. The predicted molar refractivity (Wildman–Crippen MR) is 139 cm³/mol. The van der Waals surface area contributed by atoms with Gasteiger partial charge in [-0.05, 0) is 23.6 Å². The minimum absolute atomic E-state index is 0.138. The van der Waals surface area contributed by atoms with Gasteiger partial charge in [0.2, 0.25) is 5.60 Å². The van der Waals surface area contributed by atoms with E-state index >= 15 is 0 Å². The zero-order valence-corrected chi connectivity index (χ0v) is 20.8. The molecule has 1 heterocycles. The first-order chi connectivity index (χ1) is 17.0. The van der Waals surface area contributed by atoms with Crippen LogP contribution in [0.3, 0.4) is 0 Å². The Morgan fingerprint density at radius 1 is 0.743 bits per heavy atom. The fourth-order valence-corrected chi connectivity index (χ4v) is 5.63. The highest BCUT2D eigenvalue weighted by molar-refractivity contribution is 9.09. The van der Waals surface area contributed by atoms with Crippen LogP contribution >= 0.6 is 15.9 Å². The summed E-state index contributed by atoms with van der Waals surface area (Å²) in [7, 11) is 0. The SMILES string of the molecule is Cc1cccc(C2(CBr)OC(=O)N(C(c3ccccc3)(c3ccccc3)c3ccccc3)C2=O)c1. The number of aryl methyl sites for hydroxylation is 1. The van der Waals surface area contributed by atoms with E-state index < -0.39 is 23.1 Å². The molecule has 1 aliphatic rings. The van der Waals surface area contributed by atoms with Crippen molar-refractivity contribution in [3.05, 3.63) is 143 Å². The topological polar surface area (TPSA) is 46.6 Å². The van der Waals surface area contributed by atoms with Crippen LogP contribution in [0.5, 0.6) is 0 Å². The molecule has 1 saturated heterocycles. The maximum Gasteiger partial charge on any atom is 0.419 e. The van der Waals surface area contributed by atoms with Crippen LogP contribution < -0.4 is 0 Å². The van der Waals surface area contributed by atoms with Crippen LogP contribution in [0.2, 0.25) is 0 Å². The number of hydrogen-bond donors (Lipinski definition) is 0. The molecule has 1 unspecified atom stereocenters. The molecule has 35 heavy (non-hydrogen) atoms. The van der Waals surface area contributed by atoms with Crippen LogP contribution in [0.1, 0.15) is 27.8 Å². The fraction of sp³-hybridized carbons (Fsp3) is 0.133. The van der Waals surface area contributed by atoms with Gasteiger partial charge in [-0.15, -0.1) is 0 Å². The van der Waals surface area contributed by atoms with Crippen LogP contribution in [0.4, 0.5) is 4.79 Å². The first-order valence-electron chi connectivity index (χ1n) is 11.4. The van der Waals surface area contributed by atoms with Gasteiger partial charge >= 0.3 is 6.09 Å². The van der Waals surface area contributed by atoms with Gasteiger partial charge in [0, 0.05) is 5.56 Å². The van der Waals surface area contributed by atoms with Crippen molar-refractivity contribution in [2.24, 2.45) is 0 Å². The third-order valence-electron chi connectivity index (χ3n) is 6.58. The van der Waals surface area contributed by atoms with Gasteiger partial charge in [-0.3, -0.25) is 4.79 Å². The summed E-state index contributed by atoms with van der Waals surface area (Å²) in [6.07, 6.45) is -0.687. The molecule has 0 aromatic heterocycles. The van der Waals surface area contributed by atoms with E-state index in [1.165, 1.54) is 4.90 Å². The maximum absolute atomic E-state index is 14.5. The van der Waals surface area contributed by atoms with Gasteiger partial charge < -0.3 is 4.74 Å². The summed E-state index contributed by atoms with van der Waals surface area (Å²) >= 11 is 3.50. The number of carbonyl (C=O) groups excluding carboxylic acids is 2. The number of hydrogen-bond acceptors (Lipinski definition) is 3. The van der Waals surface area contributed by atoms with Crippen molar-refractivity contribution in [1.82, 2.24) is 4.90 Å². The normalized spacial score (nSPS) is 17.9. The Hall–Kier alpha value is -3.70. The first kappa shape index (κ1) is 23.1. The maximum atomic E-state index is 14.5. The van der Waals surface area contributed by atoms with Gasteiger partial charge in [0.15, 0.2) is 0 Å². The van der Waals surface area contributed by atoms with Crippen molar-refractivity contribution in [2.45, 2.75) is 18.1 Å². The van der Waals surface area contributed by atoms with Crippen molar-refractivity contribution >= 4 is 27.9 Å². The highest BCUT2D eigenvalue weighted by Gasteiger charge is 2.62. The highest BCUT2D eigenvalue weighted by atomic mass is 79.9. The minimum atomic E-state index is -1.48. The van der Waals surface area contributed by atoms with Crippen molar-refractivity contribution in [1.29, 1.82) is 0 Å². The van der Waals surface area contributed by atoms with Crippen LogP contribution in [0.15, 0.2) is 115 Å². The molecule has 0 radical (unpaired) electrons. The summed E-state index contributed by atoms with van der Waals surface area (Å²) in [5.41, 5.74) is 1.27. The lowest BCUT2D eigenvalue weighted by Crippen LogP contribution is -2.53. The summed E-state index contributed by atoms with van der Waals surface area (Å²) in [5.74, 6) is -0.415. The largest absolute Gasteiger partial charge is 0.426 e. The van der Waals surface area contributed by atoms with E-state index in [0.29, 0.717) is 5.56 Å². The molecule has 4 aromatic rings. The van der Waals surface area contributed by atoms with Crippen LogP contribution in [0.25, 0.3) is 0 Å². The Morgan fingerprint density at radius 3 is 1.66 bits per heavy atom. The second kappa shape index (κ2) is 9.16. The molecule has 5 rings (SSSR count). The number of ether oxygens (including phenoxy) is 1. The van der Waals surface area contributed by atoms with E-state index in [2.05, 4.69) is 15.9 Å². The second-order valence-electron chi connectivity index (χ2n) is 8.65. The molecule has 1 atom stereocenters. The average Bonchev–Trinajstić information content (AvgIpc) is 3.17. The number of cyclic esters (lactones) is 1. The third kappa shape index (κ3) is 3.58. The van der Waals surface area contributed by atoms with Crippen molar-refractivity contribution in [2.75, 3.05) is 5.33 Å². The number of benzene rings is 4. The molecule has 1 fully saturated rings. The van der Waals surface area contributed by atoms with Gasteiger partial charge in [-0.1, -0.05) is 137 Å². The van der Waals surface area contributed by atoms with Gasteiger partial charge in [0.05, 0.1) is 5.33 Å². The molecular formula is C30H24BrNO3. The third-order valence-corrected chi connectivity index (χ3v) is 7.37. The summed E-state index contributed by atoms with van der Waals surface area (Å²) in [4.78, 5) is 29.6. The molecule has 5 heteroatoms. The van der Waals surface area contributed by atoms with Gasteiger partial charge in [-0.2, -0.15) is 0 Å². The second-order valence-corrected chi connectivity index (χ2v) is 9.21. The summed E-state index contributed by atoms with van der Waals surface area (Å²) < 4.78 is 6.03. The monoisotopic (exact) mass is 525 g/mol. The fourth-order valence-electron chi connectivity index (χ4n) is 4.96. The van der Waals surface area contributed by atoms with Crippen molar-refractivity contribution < 1.29 is 14.3 Å². The number of amides is 2.